The van der Waals surface area contributed by atoms with Gasteiger partial charge in [-0.1, -0.05) is 11.3 Å². The van der Waals surface area contributed by atoms with E-state index < -0.39 is 12.0 Å². The number of carbonyl (C=O) groups is 2. The summed E-state index contributed by atoms with van der Waals surface area (Å²) < 4.78 is 0. The quantitative estimate of drug-likeness (QED) is 0.882. The van der Waals surface area contributed by atoms with E-state index in [0.717, 1.165) is 10.6 Å². The number of urea groups is 1. The van der Waals surface area contributed by atoms with E-state index in [4.69, 9.17) is 5.11 Å². The van der Waals surface area contributed by atoms with Crippen LogP contribution in [0.25, 0.3) is 10.6 Å². The van der Waals surface area contributed by atoms with Crippen LogP contribution in [-0.4, -0.2) is 45.8 Å². The van der Waals surface area contributed by atoms with Gasteiger partial charge in [0, 0.05) is 24.5 Å². The van der Waals surface area contributed by atoms with Gasteiger partial charge in [0.25, 0.3) is 0 Å². The molecule has 0 spiro atoms. The molecular formula is C11H12N4O3S2. The van der Waals surface area contributed by atoms with E-state index >= 15 is 0 Å². The van der Waals surface area contributed by atoms with Crippen LogP contribution in [0.15, 0.2) is 16.8 Å². The van der Waals surface area contributed by atoms with E-state index in [1.165, 1.54) is 23.3 Å². The minimum Gasteiger partial charge on any atom is -0.481 e. The molecule has 0 saturated heterocycles. The maximum Gasteiger partial charge on any atom is 0.323 e. The molecular weight excluding hydrogens is 300 g/mol. The molecule has 0 aliphatic heterocycles. The molecule has 106 valence electrons. The highest BCUT2D eigenvalue weighted by Crippen LogP contribution is 2.27. The zero-order valence-corrected chi connectivity index (χ0v) is 12.2. The third-order valence-corrected chi connectivity index (χ3v) is 3.99. The van der Waals surface area contributed by atoms with Gasteiger partial charge in [0.15, 0.2) is 0 Å². The number of thiophene rings is 1. The van der Waals surface area contributed by atoms with Crippen LogP contribution in [-0.2, 0) is 4.79 Å². The summed E-state index contributed by atoms with van der Waals surface area (Å²) in [5.74, 6) is -0.944. The third kappa shape index (κ3) is 3.75. The highest BCUT2D eigenvalue weighted by Gasteiger charge is 2.13. The second-order valence-electron chi connectivity index (χ2n) is 3.92. The number of carboxylic acids is 1. The molecule has 0 atom stereocenters. The predicted molar refractivity (Wildman–Crippen MR) is 77.1 cm³/mol. The third-order valence-electron chi connectivity index (χ3n) is 2.41. The van der Waals surface area contributed by atoms with Crippen molar-refractivity contribution in [3.8, 4) is 10.6 Å². The Balaban J connectivity index is 1.93. The zero-order chi connectivity index (χ0) is 14.5. The van der Waals surface area contributed by atoms with Gasteiger partial charge in [0.2, 0.25) is 5.13 Å². The highest BCUT2D eigenvalue weighted by atomic mass is 32.1. The molecule has 20 heavy (non-hydrogen) atoms. The number of hydrogen-bond acceptors (Lipinski definition) is 6. The van der Waals surface area contributed by atoms with Crippen LogP contribution < -0.4 is 5.32 Å². The first-order valence-electron chi connectivity index (χ1n) is 5.66. The SMILES string of the molecule is CN(CCC(=O)O)C(=O)Nc1nnc(-c2ccsc2)s1. The number of nitrogens with one attached hydrogen (secondary N) is 1. The lowest BCUT2D eigenvalue weighted by molar-refractivity contribution is -0.137. The summed E-state index contributed by atoms with van der Waals surface area (Å²) in [5.41, 5.74) is 0.965. The van der Waals surface area contributed by atoms with Crippen molar-refractivity contribution < 1.29 is 14.7 Å². The number of anilines is 1. The molecule has 7 nitrogen and oxygen atoms in total. The van der Waals surface area contributed by atoms with Gasteiger partial charge in [0.05, 0.1) is 6.42 Å². The van der Waals surface area contributed by atoms with Crippen molar-refractivity contribution >= 4 is 39.8 Å². The first-order chi connectivity index (χ1) is 9.56. The lowest BCUT2D eigenvalue weighted by Crippen LogP contribution is -2.33. The fourth-order valence-electron chi connectivity index (χ4n) is 1.33. The van der Waals surface area contributed by atoms with E-state index in [1.54, 1.807) is 11.3 Å². The summed E-state index contributed by atoms with van der Waals surface area (Å²) in [5, 5.41) is 24.0. The molecule has 0 saturated carbocycles. The Morgan fingerprint density at radius 2 is 2.25 bits per heavy atom. The number of amides is 2. The first kappa shape index (κ1) is 14.4. The second-order valence-corrected chi connectivity index (χ2v) is 5.68. The number of nitrogens with zero attached hydrogens (tertiary/aromatic N) is 3. The fourth-order valence-corrected chi connectivity index (χ4v) is 2.77. The van der Waals surface area contributed by atoms with E-state index in [9.17, 15) is 9.59 Å². The van der Waals surface area contributed by atoms with Crippen molar-refractivity contribution in [2.75, 3.05) is 18.9 Å². The standard InChI is InChI=1S/C11H12N4O3S2/c1-15(4-2-8(16)17)11(18)12-10-14-13-9(20-10)7-3-5-19-6-7/h3,5-6H,2,4H2,1H3,(H,16,17)(H,12,14,18). The molecule has 0 unspecified atom stereocenters. The van der Waals surface area contributed by atoms with E-state index in [0.29, 0.717) is 5.13 Å². The molecule has 2 N–H and O–H groups in total. The average molecular weight is 312 g/mol. The summed E-state index contributed by atoms with van der Waals surface area (Å²) in [7, 11) is 1.53. The van der Waals surface area contributed by atoms with Gasteiger partial charge in [-0.2, -0.15) is 11.3 Å². The minimum atomic E-state index is -0.944. The highest BCUT2D eigenvalue weighted by molar-refractivity contribution is 7.19. The second kappa shape index (κ2) is 6.44. The van der Waals surface area contributed by atoms with Gasteiger partial charge in [-0.05, 0) is 11.4 Å². The Bertz CT molecular complexity index is 597. The fraction of sp³-hybridized carbons (Fsp3) is 0.273. The topological polar surface area (TPSA) is 95.4 Å². The Labute approximate surface area is 122 Å². The summed E-state index contributed by atoms with van der Waals surface area (Å²) in [6.07, 6.45) is -0.0970. The number of rotatable bonds is 5. The molecule has 0 radical (unpaired) electrons. The number of aromatic nitrogens is 2. The van der Waals surface area contributed by atoms with Crippen molar-refractivity contribution in [2.45, 2.75) is 6.42 Å². The van der Waals surface area contributed by atoms with Gasteiger partial charge < -0.3 is 10.0 Å². The molecule has 2 aromatic rings. The average Bonchev–Trinajstić information content (AvgIpc) is 3.05. The lowest BCUT2D eigenvalue weighted by atomic mass is 10.4. The minimum absolute atomic E-state index is 0.0970. The summed E-state index contributed by atoms with van der Waals surface area (Å²) in [6.45, 7) is 0.136. The van der Waals surface area contributed by atoms with E-state index in [-0.39, 0.29) is 13.0 Å². The molecule has 0 aliphatic rings. The first-order valence-corrected chi connectivity index (χ1v) is 7.42. The van der Waals surface area contributed by atoms with Gasteiger partial charge in [-0.3, -0.25) is 10.1 Å². The number of aliphatic carboxylic acids is 1. The summed E-state index contributed by atoms with van der Waals surface area (Å²) >= 11 is 2.83. The number of carboxylic acid groups (broad SMARTS) is 1. The van der Waals surface area contributed by atoms with Crippen molar-refractivity contribution in [3.05, 3.63) is 16.8 Å². The zero-order valence-electron chi connectivity index (χ0n) is 10.6. The maximum absolute atomic E-state index is 11.8. The van der Waals surface area contributed by atoms with Crippen LogP contribution in [0.4, 0.5) is 9.93 Å². The molecule has 2 heterocycles. The van der Waals surface area contributed by atoms with Gasteiger partial charge in [-0.25, -0.2) is 4.79 Å². The van der Waals surface area contributed by atoms with Crippen LogP contribution in [0.3, 0.4) is 0 Å². The number of carbonyl (C=O) groups excluding carboxylic acids is 1. The van der Waals surface area contributed by atoms with Gasteiger partial charge >= 0.3 is 12.0 Å². The van der Waals surface area contributed by atoms with Gasteiger partial charge in [0.1, 0.15) is 5.01 Å². The molecule has 2 rings (SSSR count). The van der Waals surface area contributed by atoms with Crippen LogP contribution in [0.2, 0.25) is 0 Å². The Hall–Kier alpha value is -2.00. The van der Waals surface area contributed by atoms with Crippen LogP contribution >= 0.6 is 22.7 Å². The molecule has 9 heteroatoms. The van der Waals surface area contributed by atoms with E-state index in [2.05, 4.69) is 15.5 Å². The van der Waals surface area contributed by atoms with Crippen molar-refractivity contribution in [1.29, 1.82) is 0 Å². The van der Waals surface area contributed by atoms with E-state index in [1.807, 2.05) is 16.8 Å². The Morgan fingerprint density at radius 1 is 1.45 bits per heavy atom. The predicted octanol–water partition coefficient (Wildman–Crippen LogP) is 2.21. The Kier molecular flexibility index (Phi) is 4.64. The van der Waals surface area contributed by atoms with Crippen LogP contribution in [0, 0.1) is 0 Å². The molecule has 0 aliphatic carbocycles. The molecule has 0 bridgehead atoms. The maximum atomic E-state index is 11.8. The summed E-state index contributed by atoms with van der Waals surface area (Å²) in [6, 6.07) is 1.52. The molecule has 2 amide bonds. The molecule has 0 fully saturated rings. The number of hydrogen-bond donors (Lipinski definition) is 2. The summed E-state index contributed by atoms with van der Waals surface area (Å²) in [4.78, 5) is 23.5. The Morgan fingerprint density at radius 3 is 2.90 bits per heavy atom. The molecule has 2 aromatic heterocycles. The largest absolute Gasteiger partial charge is 0.481 e. The van der Waals surface area contributed by atoms with Crippen LogP contribution in [0.5, 0.6) is 0 Å². The smallest absolute Gasteiger partial charge is 0.323 e. The monoisotopic (exact) mass is 312 g/mol. The normalized spacial score (nSPS) is 10.2. The van der Waals surface area contributed by atoms with Gasteiger partial charge in [-0.15, -0.1) is 10.2 Å². The van der Waals surface area contributed by atoms with Crippen molar-refractivity contribution in [2.24, 2.45) is 0 Å². The molecule has 0 aromatic carbocycles. The van der Waals surface area contributed by atoms with Crippen molar-refractivity contribution in [1.82, 2.24) is 15.1 Å². The van der Waals surface area contributed by atoms with Crippen molar-refractivity contribution in [3.63, 3.8) is 0 Å². The van der Waals surface area contributed by atoms with Crippen LogP contribution in [0.1, 0.15) is 6.42 Å². The lowest BCUT2D eigenvalue weighted by Gasteiger charge is -2.15.